The van der Waals surface area contributed by atoms with Crippen LogP contribution in [0.3, 0.4) is 0 Å². The molecular weight excluding hydrogens is 346 g/mol. The van der Waals surface area contributed by atoms with Crippen molar-refractivity contribution >= 4 is 37.8 Å². The molecule has 4 heteroatoms. The SMILES string of the molecule is Cc1cccc(C(=O)NC(C)CC(C)Br)c1Br. The van der Waals surface area contributed by atoms with Crippen LogP contribution in [0.2, 0.25) is 0 Å². The maximum atomic E-state index is 12.1. The summed E-state index contributed by atoms with van der Waals surface area (Å²) in [6.45, 7) is 6.06. The molecule has 1 aromatic rings. The van der Waals surface area contributed by atoms with Crippen molar-refractivity contribution in [1.82, 2.24) is 5.32 Å². The third-order valence-electron chi connectivity index (χ3n) is 2.49. The number of rotatable bonds is 4. The Morgan fingerprint density at radius 3 is 2.65 bits per heavy atom. The van der Waals surface area contributed by atoms with Gasteiger partial charge in [0.25, 0.3) is 5.91 Å². The molecule has 0 heterocycles. The Bertz CT molecular complexity index is 404. The average molecular weight is 363 g/mol. The molecule has 0 aliphatic rings. The van der Waals surface area contributed by atoms with Gasteiger partial charge in [-0.2, -0.15) is 0 Å². The van der Waals surface area contributed by atoms with Gasteiger partial charge in [-0.05, 0) is 47.8 Å². The predicted molar refractivity (Wildman–Crippen MR) is 78.8 cm³/mol. The number of amides is 1. The molecule has 0 fully saturated rings. The fourth-order valence-electron chi connectivity index (χ4n) is 1.67. The van der Waals surface area contributed by atoms with E-state index < -0.39 is 0 Å². The Kier molecular flexibility index (Phi) is 5.67. The maximum absolute atomic E-state index is 12.1. The minimum absolute atomic E-state index is 0.0266. The van der Waals surface area contributed by atoms with Crippen molar-refractivity contribution in [2.24, 2.45) is 0 Å². The van der Waals surface area contributed by atoms with Gasteiger partial charge in [0.05, 0.1) is 5.56 Å². The van der Waals surface area contributed by atoms with Crippen LogP contribution in [0.5, 0.6) is 0 Å². The molecule has 1 rings (SSSR count). The number of aryl methyl sites for hydroxylation is 1. The van der Waals surface area contributed by atoms with E-state index in [1.807, 2.05) is 32.0 Å². The van der Waals surface area contributed by atoms with E-state index in [0.717, 1.165) is 16.5 Å². The molecule has 0 spiro atoms. The highest BCUT2D eigenvalue weighted by molar-refractivity contribution is 9.10. The fourth-order valence-corrected chi connectivity index (χ4v) is 2.68. The summed E-state index contributed by atoms with van der Waals surface area (Å²) in [5.74, 6) is -0.0266. The van der Waals surface area contributed by atoms with Crippen LogP contribution in [0.25, 0.3) is 0 Å². The number of benzene rings is 1. The first-order valence-electron chi connectivity index (χ1n) is 5.62. The van der Waals surface area contributed by atoms with E-state index >= 15 is 0 Å². The molecule has 1 amide bonds. The van der Waals surface area contributed by atoms with Gasteiger partial charge in [0.15, 0.2) is 0 Å². The van der Waals surface area contributed by atoms with Crippen LogP contribution in [-0.4, -0.2) is 16.8 Å². The Labute approximate surface area is 119 Å². The van der Waals surface area contributed by atoms with Crippen LogP contribution in [0.1, 0.15) is 36.2 Å². The van der Waals surface area contributed by atoms with Crippen LogP contribution >= 0.6 is 31.9 Å². The normalized spacial score (nSPS) is 14.2. The highest BCUT2D eigenvalue weighted by atomic mass is 79.9. The Balaban J connectivity index is 2.73. The summed E-state index contributed by atoms with van der Waals surface area (Å²) in [6, 6.07) is 5.86. The minimum atomic E-state index is -0.0266. The van der Waals surface area contributed by atoms with Crippen LogP contribution in [-0.2, 0) is 0 Å². The van der Waals surface area contributed by atoms with E-state index in [9.17, 15) is 4.79 Å². The van der Waals surface area contributed by atoms with Gasteiger partial charge in [0.2, 0.25) is 0 Å². The third kappa shape index (κ3) is 4.43. The summed E-state index contributed by atoms with van der Waals surface area (Å²) in [6.07, 6.45) is 0.912. The Morgan fingerprint density at radius 2 is 2.06 bits per heavy atom. The number of nitrogens with one attached hydrogen (secondary N) is 1. The van der Waals surface area contributed by atoms with Crippen molar-refractivity contribution < 1.29 is 4.79 Å². The van der Waals surface area contributed by atoms with E-state index in [0.29, 0.717) is 10.4 Å². The lowest BCUT2D eigenvalue weighted by Crippen LogP contribution is -2.34. The molecular formula is C13H17Br2NO. The minimum Gasteiger partial charge on any atom is -0.350 e. The number of carbonyl (C=O) groups excluding carboxylic acids is 1. The summed E-state index contributed by atoms with van der Waals surface area (Å²) in [7, 11) is 0. The average Bonchev–Trinajstić information content (AvgIpc) is 2.20. The molecule has 94 valence electrons. The topological polar surface area (TPSA) is 29.1 Å². The molecule has 0 bridgehead atoms. The molecule has 0 aromatic heterocycles. The van der Waals surface area contributed by atoms with Crippen LogP contribution < -0.4 is 5.32 Å². The summed E-state index contributed by atoms with van der Waals surface area (Å²) in [5.41, 5.74) is 1.76. The third-order valence-corrected chi connectivity index (χ3v) is 3.92. The van der Waals surface area contributed by atoms with Gasteiger partial charge in [0.1, 0.15) is 0 Å². The Morgan fingerprint density at radius 1 is 1.41 bits per heavy atom. The van der Waals surface area contributed by atoms with Gasteiger partial charge in [-0.3, -0.25) is 4.79 Å². The van der Waals surface area contributed by atoms with Gasteiger partial charge in [-0.15, -0.1) is 0 Å². The van der Waals surface area contributed by atoms with Crippen LogP contribution in [0.15, 0.2) is 22.7 Å². The molecule has 0 saturated carbocycles. The van der Waals surface area contributed by atoms with Gasteiger partial charge in [0, 0.05) is 15.3 Å². The molecule has 0 saturated heterocycles. The first-order chi connectivity index (χ1) is 7.91. The summed E-state index contributed by atoms with van der Waals surface area (Å²) < 4.78 is 0.872. The molecule has 1 aromatic carbocycles. The van der Waals surface area contributed by atoms with Gasteiger partial charge in [-0.25, -0.2) is 0 Å². The highest BCUT2D eigenvalue weighted by Crippen LogP contribution is 2.21. The zero-order valence-electron chi connectivity index (χ0n) is 10.3. The lowest BCUT2D eigenvalue weighted by atomic mass is 10.1. The van der Waals surface area contributed by atoms with Crippen molar-refractivity contribution in [2.45, 2.75) is 38.1 Å². The smallest absolute Gasteiger partial charge is 0.252 e. The van der Waals surface area contributed by atoms with E-state index in [-0.39, 0.29) is 11.9 Å². The first kappa shape index (κ1) is 14.7. The monoisotopic (exact) mass is 361 g/mol. The van der Waals surface area contributed by atoms with E-state index in [1.54, 1.807) is 0 Å². The summed E-state index contributed by atoms with van der Waals surface area (Å²) in [4.78, 5) is 12.5. The van der Waals surface area contributed by atoms with Crippen molar-refractivity contribution in [3.05, 3.63) is 33.8 Å². The number of carbonyl (C=O) groups is 1. The van der Waals surface area contributed by atoms with E-state index in [1.165, 1.54) is 0 Å². The summed E-state index contributed by atoms with van der Waals surface area (Å²) >= 11 is 6.94. The zero-order valence-corrected chi connectivity index (χ0v) is 13.4. The standard InChI is InChI=1S/C13H17Br2NO/c1-8-5-4-6-11(12(8)15)13(17)16-10(3)7-9(2)14/h4-6,9-10H,7H2,1-3H3,(H,16,17). The number of alkyl halides is 1. The molecule has 0 aliphatic carbocycles. The molecule has 2 unspecified atom stereocenters. The number of halogens is 2. The summed E-state index contributed by atoms with van der Waals surface area (Å²) in [5, 5.41) is 3.00. The predicted octanol–water partition coefficient (Wildman–Crippen LogP) is 4.05. The zero-order chi connectivity index (χ0) is 13.0. The number of hydrogen-bond acceptors (Lipinski definition) is 1. The van der Waals surface area contributed by atoms with Crippen molar-refractivity contribution in [3.8, 4) is 0 Å². The maximum Gasteiger partial charge on any atom is 0.252 e. The first-order valence-corrected chi connectivity index (χ1v) is 7.32. The lowest BCUT2D eigenvalue weighted by molar-refractivity contribution is 0.0938. The largest absolute Gasteiger partial charge is 0.350 e. The molecule has 1 N–H and O–H groups in total. The van der Waals surface area contributed by atoms with Crippen molar-refractivity contribution in [1.29, 1.82) is 0 Å². The van der Waals surface area contributed by atoms with Gasteiger partial charge < -0.3 is 5.32 Å². The van der Waals surface area contributed by atoms with Crippen LogP contribution in [0, 0.1) is 6.92 Å². The highest BCUT2D eigenvalue weighted by Gasteiger charge is 2.14. The lowest BCUT2D eigenvalue weighted by Gasteiger charge is -2.16. The quantitative estimate of drug-likeness (QED) is 0.804. The number of hydrogen-bond donors (Lipinski definition) is 1. The molecule has 0 radical (unpaired) electrons. The van der Waals surface area contributed by atoms with Gasteiger partial charge in [-0.1, -0.05) is 35.0 Å². The van der Waals surface area contributed by atoms with Gasteiger partial charge >= 0.3 is 0 Å². The van der Waals surface area contributed by atoms with E-state index in [2.05, 4.69) is 44.1 Å². The second-order valence-electron chi connectivity index (χ2n) is 4.33. The second-order valence-corrected chi connectivity index (χ2v) is 6.68. The van der Waals surface area contributed by atoms with Crippen molar-refractivity contribution in [2.75, 3.05) is 0 Å². The molecule has 0 aliphatic heterocycles. The second kappa shape index (κ2) is 6.55. The fraction of sp³-hybridized carbons (Fsp3) is 0.462. The van der Waals surface area contributed by atoms with Crippen molar-refractivity contribution in [3.63, 3.8) is 0 Å². The van der Waals surface area contributed by atoms with Crippen LogP contribution in [0.4, 0.5) is 0 Å². The Hall–Kier alpha value is -0.350. The molecule has 17 heavy (non-hydrogen) atoms. The molecule has 2 atom stereocenters. The molecule has 2 nitrogen and oxygen atoms in total. The van der Waals surface area contributed by atoms with E-state index in [4.69, 9.17) is 0 Å².